The van der Waals surface area contributed by atoms with E-state index >= 15 is 0 Å². The summed E-state index contributed by atoms with van der Waals surface area (Å²) in [4.78, 5) is 9.21. The second-order valence-corrected chi connectivity index (χ2v) is 5.54. The van der Waals surface area contributed by atoms with Gasteiger partial charge in [0, 0.05) is 26.2 Å². The summed E-state index contributed by atoms with van der Waals surface area (Å²) in [6.07, 6.45) is 1.91. The van der Waals surface area contributed by atoms with Crippen molar-refractivity contribution in [3.05, 3.63) is 12.7 Å². The lowest BCUT2D eigenvalue weighted by atomic mass is 10.3. The van der Waals surface area contributed by atoms with Gasteiger partial charge in [-0.3, -0.25) is 15.1 Å². The van der Waals surface area contributed by atoms with E-state index in [9.17, 15) is 0 Å². The summed E-state index contributed by atoms with van der Waals surface area (Å²) in [5, 5.41) is 10.5. The molecule has 0 bridgehead atoms. The predicted octanol–water partition coefficient (Wildman–Crippen LogP) is -1.46. The average molecular weight is 310 g/mol. The topological polar surface area (TPSA) is 73.4 Å². The molecular formula is C14H26N6O2. The van der Waals surface area contributed by atoms with Crippen molar-refractivity contribution >= 4 is 5.96 Å². The summed E-state index contributed by atoms with van der Waals surface area (Å²) >= 11 is 0. The summed E-state index contributed by atoms with van der Waals surface area (Å²) in [6, 6.07) is 0. The van der Waals surface area contributed by atoms with E-state index in [1.165, 1.54) is 0 Å². The van der Waals surface area contributed by atoms with Crippen LogP contribution in [0.3, 0.4) is 0 Å². The van der Waals surface area contributed by atoms with Crippen LogP contribution in [0, 0.1) is 0 Å². The number of rotatable bonds is 4. The first-order valence-electron chi connectivity index (χ1n) is 7.95. The molecule has 3 N–H and O–H groups in total. The molecule has 2 unspecified atom stereocenters. The summed E-state index contributed by atoms with van der Waals surface area (Å²) in [7, 11) is 0. The monoisotopic (exact) mass is 310 g/mol. The number of nitrogens with zero attached hydrogens (tertiary/aromatic N) is 3. The number of guanidine groups is 1. The Morgan fingerprint density at radius 3 is 1.95 bits per heavy atom. The lowest BCUT2D eigenvalue weighted by Crippen LogP contribution is -2.75. The SMILES string of the molecule is C=CCN=C1NC(N2CCOCC2)NC(N2CCOCC2)N1. The molecule has 0 spiro atoms. The van der Waals surface area contributed by atoms with Gasteiger partial charge < -0.3 is 20.1 Å². The smallest absolute Gasteiger partial charge is 0.196 e. The Labute approximate surface area is 131 Å². The number of ether oxygens (including phenoxy) is 2. The Kier molecular flexibility index (Phi) is 5.63. The minimum absolute atomic E-state index is 0.0570. The van der Waals surface area contributed by atoms with Gasteiger partial charge in [-0.2, -0.15) is 0 Å². The second-order valence-electron chi connectivity index (χ2n) is 5.54. The second kappa shape index (κ2) is 7.89. The van der Waals surface area contributed by atoms with E-state index in [0.717, 1.165) is 58.6 Å². The van der Waals surface area contributed by atoms with Gasteiger partial charge in [-0.15, -0.1) is 6.58 Å². The maximum Gasteiger partial charge on any atom is 0.196 e. The highest BCUT2D eigenvalue weighted by Crippen LogP contribution is 2.07. The van der Waals surface area contributed by atoms with Crippen LogP contribution in [-0.4, -0.2) is 87.5 Å². The summed E-state index contributed by atoms with van der Waals surface area (Å²) < 4.78 is 10.9. The molecule has 0 aromatic heterocycles. The number of hydrogen-bond donors (Lipinski definition) is 3. The third kappa shape index (κ3) is 3.96. The molecule has 0 aromatic carbocycles. The van der Waals surface area contributed by atoms with E-state index in [4.69, 9.17) is 9.47 Å². The fraction of sp³-hybridized carbons (Fsp3) is 0.786. The van der Waals surface area contributed by atoms with Crippen LogP contribution < -0.4 is 16.0 Å². The summed E-state index contributed by atoms with van der Waals surface area (Å²) in [5.41, 5.74) is 0. The van der Waals surface area contributed by atoms with Crippen molar-refractivity contribution in [2.75, 3.05) is 59.2 Å². The maximum atomic E-state index is 5.44. The standard InChI is InChI=1S/C14H26N6O2/c1-2-3-15-12-16-13(19-4-8-21-9-5-19)18-14(17-12)20-6-10-22-11-7-20/h2,13-14,18H,1,3-11H2,(H2,15,16,17). The van der Waals surface area contributed by atoms with Crippen LogP contribution in [0.15, 0.2) is 17.6 Å². The first-order chi connectivity index (χ1) is 10.9. The van der Waals surface area contributed by atoms with E-state index < -0.39 is 0 Å². The maximum absolute atomic E-state index is 5.44. The molecule has 0 saturated carbocycles. The molecule has 3 heterocycles. The molecule has 8 heteroatoms. The van der Waals surface area contributed by atoms with Gasteiger partial charge in [0.05, 0.1) is 33.0 Å². The molecule has 3 aliphatic heterocycles. The van der Waals surface area contributed by atoms with Crippen LogP contribution >= 0.6 is 0 Å². The fourth-order valence-corrected chi connectivity index (χ4v) is 2.85. The van der Waals surface area contributed by atoms with E-state index in [-0.39, 0.29) is 12.6 Å². The van der Waals surface area contributed by atoms with Gasteiger partial charge in [0.15, 0.2) is 5.96 Å². The quantitative estimate of drug-likeness (QED) is 0.548. The van der Waals surface area contributed by atoms with Gasteiger partial charge >= 0.3 is 0 Å². The number of hydrogen-bond acceptors (Lipinski definition) is 6. The number of nitrogens with one attached hydrogen (secondary N) is 3. The van der Waals surface area contributed by atoms with Crippen LogP contribution in [-0.2, 0) is 9.47 Å². The first-order valence-corrected chi connectivity index (χ1v) is 7.95. The number of aliphatic imine (C=N–C) groups is 1. The number of morpholine rings is 2. The molecule has 3 fully saturated rings. The Hall–Kier alpha value is -1.19. The van der Waals surface area contributed by atoms with E-state index in [1.807, 2.05) is 0 Å². The van der Waals surface area contributed by atoms with Crippen LogP contribution in [0.2, 0.25) is 0 Å². The van der Waals surface area contributed by atoms with Gasteiger partial charge in [-0.25, -0.2) is 4.99 Å². The van der Waals surface area contributed by atoms with Gasteiger partial charge in [-0.05, 0) is 0 Å². The molecule has 0 aliphatic carbocycles. The molecule has 0 amide bonds. The normalized spacial score (nSPS) is 31.2. The first kappa shape index (κ1) is 15.7. The summed E-state index contributed by atoms with van der Waals surface area (Å²) in [5.74, 6) is 0.812. The molecule has 22 heavy (non-hydrogen) atoms. The third-order valence-electron chi connectivity index (χ3n) is 4.06. The van der Waals surface area contributed by atoms with Gasteiger partial charge in [-0.1, -0.05) is 6.08 Å². The molecule has 124 valence electrons. The van der Waals surface area contributed by atoms with E-state index in [2.05, 4.69) is 37.3 Å². The Morgan fingerprint density at radius 2 is 1.50 bits per heavy atom. The van der Waals surface area contributed by atoms with Gasteiger partial charge in [0.25, 0.3) is 0 Å². The molecule has 0 aromatic rings. The Bertz CT molecular complexity index is 365. The van der Waals surface area contributed by atoms with Crippen molar-refractivity contribution in [2.24, 2.45) is 4.99 Å². The predicted molar refractivity (Wildman–Crippen MR) is 84.3 cm³/mol. The molecule has 8 nitrogen and oxygen atoms in total. The zero-order chi connectivity index (χ0) is 15.2. The molecule has 0 radical (unpaired) electrons. The molecule has 3 aliphatic rings. The van der Waals surface area contributed by atoms with Crippen molar-refractivity contribution < 1.29 is 9.47 Å². The Balaban J connectivity index is 1.67. The highest BCUT2D eigenvalue weighted by atomic mass is 16.5. The molecule has 3 rings (SSSR count). The zero-order valence-corrected chi connectivity index (χ0v) is 13.0. The van der Waals surface area contributed by atoms with Crippen LogP contribution in [0.1, 0.15) is 0 Å². The molecule has 3 saturated heterocycles. The minimum atomic E-state index is 0.0570. The van der Waals surface area contributed by atoms with E-state index in [0.29, 0.717) is 6.54 Å². The van der Waals surface area contributed by atoms with Crippen molar-refractivity contribution in [3.63, 3.8) is 0 Å². The van der Waals surface area contributed by atoms with Gasteiger partial charge in [0.1, 0.15) is 12.6 Å². The third-order valence-corrected chi connectivity index (χ3v) is 4.06. The average Bonchev–Trinajstić information content (AvgIpc) is 2.61. The van der Waals surface area contributed by atoms with Crippen LogP contribution in [0.25, 0.3) is 0 Å². The van der Waals surface area contributed by atoms with Gasteiger partial charge in [0.2, 0.25) is 0 Å². The summed E-state index contributed by atoms with van der Waals surface area (Å²) in [6.45, 7) is 11.1. The highest BCUT2D eigenvalue weighted by Gasteiger charge is 2.32. The molecular weight excluding hydrogens is 284 g/mol. The van der Waals surface area contributed by atoms with E-state index in [1.54, 1.807) is 6.08 Å². The van der Waals surface area contributed by atoms with Crippen molar-refractivity contribution in [3.8, 4) is 0 Å². The fourth-order valence-electron chi connectivity index (χ4n) is 2.85. The molecule has 2 atom stereocenters. The van der Waals surface area contributed by atoms with Crippen LogP contribution in [0.4, 0.5) is 0 Å². The Morgan fingerprint density at radius 1 is 1.00 bits per heavy atom. The van der Waals surface area contributed by atoms with Crippen molar-refractivity contribution in [1.82, 2.24) is 25.8 Å². The van der Waals surface area contributed by atoms with Crippen LogP contribution in [0.5, 0.6) is 0 Å². The lowest BCUT2D eigenvalue weighted by Gasteiger charge is -2.45. The van der Waals surface area contributed by atoms with Crippen molar-refractivity contribution in [1.29, 1.82) is 0 Å². The lowest BCUT2D eigenvalue weighted by molar-refractivity contribution is -0.0365. The zero-order valence-electron chi connectivity index (χ0n) is 13.0. The highest BCUT2D eigenvalue weighted by molar-refractivity contribution is 5.81. The minimum Gasteiger partial charge on any atom is -0.379 e. The van der Waals surface area contributed by atoms with Crippen molar-refractivity contribution in [2.45, 2.75) is 12.6 Å². The largest absolute Gasteiger partial charge is 0.379 e.